The number of hydrogen-bond donors (Lipinski definition) is 0. The van der Waals surface area contributed by atoms with Crippen LogP contribution in [0, 0.1) is 18.2 Å². The Morgan fingerprint density at radius 3 is 2.81 bits per heavy atom. The number of amides is 1. The second kappa shape index (κ2) is 8.06. The molecule has 2 aromatic carbocycles. The highest BCUT2D eigenvalue weighted by Crippen LogP contribution is 2.25. The van der Waals surface area contributed by atoms with Gasteiger partial charge >= 0.3 is 0 Å². The van der Waals surface area contributed by atoms with Gasteiger partial charge in [-0.1, -0.05) is 29.4 Å². The highest BCUT2D eigenvalue weighted by Gasteiger charge is 2.13. The summed E-state index contributed by atoms with van der Waals surface area (Å²) in [6.07, 6.45) is 5.45. The second-order valence-corrected chi connectivity index (χ2v) is 6.63. The number of carbonyl (C=O) groups excluding carboxylic acids is 1. The third-order valence-electron chi connectivity index (χ3n) is 3.96. The minimum absolute atomic E-state index is 0.0416. The fourth-order valence-electron chi connectivity index (χ4n) is 2.72. The summed E-state index contributed by atoms with van der Waals surface area (Å²) in [7, 11) is 3.08. The average molecular weight is 384 g/mol. The summed E-state index contributed by atoms with van der Waals surface area (Å²) in [4.78, 5) is 17.0. The van der Waals surface area contributed by atoms with Crippen LogP contribution >= 0.6 is 11.3 Å². The Labute approximate surface area is 159 Å². The van der Waals surface area contributed by atoms with Gasteiger partial charge in [0.05, 0.1) is 37.4 Å². The number of methoxy groups -OCH3 is 2. The number of hydrogen-bond acceptors (Lipinski definition) is 4. The van der Waals surface area contributed by atoms with E-state index in [9.17, 15) is 9.18 Å². The van der Waals surface area contributed by atoms with Crippen molar-refractivity contribution in [2.24, 2.45) is 4.99 Å². The Hall–Kier alpha value is -3.11. The van der Waals surface area contributed by atoms with Crippen molar-refractivity contribution in [2.75, 3.05) is 14.2 Å². The molecule has 0 fully saturated rings. The predicted molar refractivity (Wildman–Crippen MR) is 102 cm³/mol. The lowest BCUT2D eigenvalue weighted by Crippen LogP contribution is -2.17. The van der Waals surface area contributed by atoms with Gasteiger partial charge in [-0.15, -0.1) is 6.42 Å². The highest BCUT2D eigenvalue weighted by molar-refractivity contribution is 7.16. The SMILES string of the molecule is C#CCn1c(=NC(=O)Cc2ccc(OC)cc2OC)sc2cccc(F)c21. The minimum atomic E-state index is -0.398. The maximum absolute atomic E-state index is 14.2. The molecular formula is C20H17FN2O3S. The summed E-state index contributed by atoms with van der Waals surface area (Å²) in [5.41, 5.74) is 1.04. The normalized spacial score (nSPS) is 11.4. The standard InChI is InChI=1S/C20H17FN2O3S/c1-4-10-23-19-15(21)6-5-7-17(19)27-20(23)22-18(24)11-13-8-9-14(25-2)12-16(13)26-3/h1,5-9,12H,10-11H2,2-3H3. The summed E-state index contributed by atoms with van der Waals surface area (Å²) in [5.74, 6) is 2.87. The number of benzene rings is 2. The molecule has 3 rings (SSSR count). The van der Waals surface area contributed by atoms with Crippen LogP contribution in [0.25, 0.3) is 10.2 Å². The van der Waals surface area contributed by atoms with Gasteiger partial charge in [0.2, 0.25) is 0 Å². The first kappa shape index (κ1) is 18.7. The molecule has 3 aromatic rings. The van der Waals surface area contributed by atoms with Crippen LogP contribution in [-0.2, 0) is 17.8 Å². The summed E-state index contributed by atoms with van der Waals surface area (Å²) < 4.78 is 26.9. The van der Waals surface area contributed by atoms with Crippen LogP contribution in [-0.4, -0.2) is 24.7 Å². The molecule has 1 aromatic heterocycles. The summed E-state index contributed by atoms with van der Waals surface area (Å²) in [5, 5.41) is 0. The molecule has 0 aliphatic carbocycles. The summed E-state index contributed by atoms with van der Waals surface area (Å²) in [6.45, 7) is 0.124. The first-order valence-electron chi connectivity index (χ1n) is 8.07. The van der Waals surface area contributed by atoms with E-state index in [2.05, 4.69) is 10.9 Å². The van der Waals surface area contributed by atoms with Gasteiger partial charge in [-0.3, -0.25) is 4.79 Å². The summed E-state index contributed by atoms with van der Waals surface area (Å²) >= 11 is 1.22. The molecule has 5 nitrogen and oxygen atoms in total. The van der Waals surface area contributed by atoms with Crippen LogP contribution in [0.2, 0.25) is 0 Å². The summed E-state index contributed by atoms with van der Waals surface area (Å²) in [6, 6.07) is 9.95. The molecule has 1 heterocycles. The zero-order valence-corrected chi connectivity index (χ0v) is 15.7. The number of carbonyl (C=O) groups is 1. The lowest BCUT2D eigenvalue weighted by Gasteiger charge is -2.08. The minimum Gasteiger partial charge on any atom is -0.497 e. The number of aromatic nitrogens is 1. The number of halogens is 1. The van der Waals surface area contributed by atoms with E-state index in [1.807, 2.05) is 0 Å². The topological polar surface area (TPSA) is 52.8 Å². The van der Waals surface area contributed by atoms with Crippen molar-refractivity contribution in [1.29, 1.82) is 0 Å². The van der Waals surface area contributed by atoms with Gasteiger partial charge in [-0.25, -0.2) is 4.39 Å². The highest BCUT2D eigenvalue weighted by atomic mass is 32.1. The van der Waals surface area contributed by atoms with E-state index in [0.29, 0.717) is 32.1 Å². The molecule has 138 valence electrons. The van der Waals surface area contributed by atoms with E-state index in [-0.39, 0.29) is 18.9 Å². The molecule has 0 N–H and O–H groups in total. The van der Waals surface area contributed by atoms with Crippen molar-refractivity contribution in [3.63, 3.8) is 0 Å². The van der Waals surface area contributed by atoms with Crippen LogP contribution in [0.3, 0.4) is 0 Å². The van der Waals surface area contributed by atoms with Gasteiger partial charge in [-0.05, 0) is 18.2 Å². The number of ether oxygens (including phenoxy) is 2. The lowest BCUT2D eigenvalue weighted by atomic mass is 10.1. The molecule has 27 heavy (non-hydrogen) atoms. The number of nitrogens with zero attached hydrogens (tertiary/aromatic N) is 2. The molecular weight excluding hydrogens is 367 g/mol. The fraction of sp³-hybridized carbons (Fsp3) is 0.200. The van der Waals surface area contributed by atoms with Crippen molar-refractivity contribution >= 4 is 27.5 Å². The maximum atomic E-state index is 14.2. The van der Waals surface area contributed by atoms with Crippen LogP contribution in [0.15, 0.2) is 41.4 Å². The van der Waals surface area contributed by atoms with Gasteiger partial charge < -0.3 is 14.0 Å². The molecule has 0 radical (unpaired) electrons. The number of fused-ring (bicyclic) bond motifs is 1. The van der Waals surface area contributed by atoms with Gasteiger partial charge in [-0.2, -0.15) is 4.99 Å². The molecule has 0 aliphatic rings. The van der Waals surface area contributed by atoms with Crippen molar-refractivity contribution in [1.82, 2.24) is 4.57 Å². The van der Waals surface area contributed by atoms with Crippen molar-refractivity contribution in [3.05, 3.63) is 52.6 Å². The molecule has 0 spiro atoms. The molecule has 0 saturated carbocycles. The zero-order chi connectivity index (χ0) is 19.4. The molecule has 7 heteroatoms. The second-order valence-electron chi connectivity index (χ2n) is 5.62. The number of thiazole rings is 1. The predicted octanol–water partition coefficient (Wildman–Crippen LogP) is 3.16. The van der Waals surface area contributed by atoms with E-state index in [1.165, 1.54) is 24.5 Å². The Morgan fingerprint density at radius 2 is 2.11 bits per heavy atom. The van der Waals surface area contributed by atoms with E-state index in [4.69, 9.17) is 15.9 Å². The zero-order valence-electron chi connectivity index (χ0n) is 14.9. The van der Waals surface area contributed by atoms with E-state index in [1.54, 1.807) is 42.0 Å². The smallest absolute Gasteiger partial charge is 0.252 e. The van der Waals surface area contributed by atoms with Crippen molar-refractivity contribution in [2.45, 2.75) is 13.0 Å². The molecule has 0 saturated heterocycles. The van der Waals surface area contributed by atoms with Crippen LogP contribution in [0.1, 0.15) is 5.56 Å². The Bertz CT molecular complexity index is 1110. The van der Waals surface area contributed by atoms with Crippen LogP contribution < -0.4 is 14.3 Å². The number of para-hydroxylation sites is 1. The van der Waals surface area contributed by atoms with E-state index in [0.717, 1.165) is 0 Å². The van der Waals surface area contributed by atoms with Gasteiger partial charge in [0.1, 0.15) is 17.3 Å². The Balaban J connectivity index is 2.00. The first-order valence-corrected chi connectivity index (χ1v) is 8.88. The monoisotopic (exact) mass is 384 g/mol. The third kappa shape index (κ3) is 3.86. The third-order valence-corrected chi connectivity index (χ3v) is 5.00. The quantitative estimate of drug-likeness (QED) is 0.635. The number of rotatable bonds is 5. The van der Waals surface area contributed by atoms with Crippen molar-refractivity contribution < 1.29 is 18.7 Å². The molecule has 1 amide bonds. The van der Waals surface area contributed by atoms with Crippen LogP contribution in [0.5, 0.6) is 11.5 Å². The molecule has 0 unspecified atom stereocenters. The van der Waals surface area contributed by atoms with Crippen molar-refractivity contribution in [3.8, 4) is 23.8 Å². The lowest BCUT2D eigenvalue weighted by molar-refractivity contribution is -0.117. The van der Waals surface area contributed by atoms with Crippen LogP contribution in [0.4, 0.5) is 4.39 Å². The Morgan fingerprint density at radius 1 is 1.30 bits per heavy atom. The van der Waals surface area contributed by atoms with Gasteiger partial charge in [0.15, 0.2) is 4.80 Å². The van der Waals surface area contributed by atoms with Gasteiger partial charge in [0, 0.05) is 11.6 Å². The maximum Gasteiger partial charge on any atom is 0.252 e. The largest absolute Gasteiger partial charge is 0.497 e. The first-order chi connectivity index (χ1) is 13.1. The molecule has 0 aliphatic heterocycles. The van der Waals surface area contributed by atoms with E-state index < -0.39 is 5.82 Å². The van der Waals surface area contributed by atoms with Gasteiger partial charge in [0.25, 0.3) is 5.91 Å². The number of terminal acetylenes is 1. The fourth-order valence-corrected chi connectivity index (χ4v) is 3.78. The Kier molecular flexibility index (Phi) is 5.57. The average Bonchev–Trinajstić information content (AvgIpc) is 3.00. The molecule has 0 atom stereocenters. The van der Waals surface area contributed by atoms with E-state index >= 15 is 0 Å². The molecule has 0 bridgehead atoms.